The Morgan fingerprint density at radius 3 is 2.76 bits per heavy atom. The molecule has 0 bridgehead atoms. The van der Waals surface area contributed by atoms with E-state index in [9.17, 15) is 0 Å². The maximum absolute atomic E-state index is 5.96. The van der Waals surface area contributed by atoms with Gasteiger partial charge in [-0.15, -0.1) is 0 Å². The Morgan fingerprint density at radius 1 is 1.36 bits per heavy atom. The van der Waals surface area contributed by atoms with Crippen LogP contribution in [0.2, 0.25) is 0 Å². The van der Waals surface area contributed by atoms with Crippen molar-refractivity contribution < 1.29 is 4.74 Å². The maximum Gasteiger partial charge on any atom is 0.108 e. The molecule has 2 N–H and O–H groups in total. The molecule has 132 valence electrons. The predicted octanol–water partition coefficient (Wildman–Crippen LogP) is 3.45. The molecule has 1 saturated heterocycles. The summed E-state index contributed by atoms with van der Waals surface area (Å²) in [5, 5.41) is 3.92. The number of rotatable bonds is 4. The molecule has 4 heteroatoms. The average Bonchev–Trinajstić information content (AvgIpc) is 3.33. The standard InChI is InChI=1S/C21H27N3O/c1-15-12-17(7-6-16-4-5-16)8-9-19(15)20(24-22)14-23-13-18-10-11-21(2,3)25-18/h8-9,12,14,16,18H,4-5,10-11,13,22H2,1-3H3/b23-14?,24-20+. The van der Waals surface area contributed by atoms with Crippen LogP contribution in [0.4, 0.5) is 0 Å². The summed E-state index contributed by atoms with van der Waals surface area (Å²) in [6.07, 6.45) is 6.55. The molecule has 25 heavy (non-hydrogen) atoms. The largest absolute Gasteiger partial charge is 0.370 e. The van der Waals surface area contributed by atoms with Crippen molar-refractivity contribution in [1.82, 2.24) is 0 Å². The number of ether oxygens (including phenoxy) is 1. The van der Waals surface area contributed by atoms with Crippen LogP contribution >= 0.6 is 0 Å². The summed E-state index contributed by atoms with van der Waals surface area (Å²) in [5.41, 5.74) is 3.81. The molecule has 1 atom stereocenters. The van der Waals surface area contributed by atoms with Crippen molar-refractivity contribution in [2.45, 2.75) is 58.2 Å². The minimum Gasteiger partial charge on any atom is -0.370 e. The number of hydrogen-bond donors (Lipinski definition) is 1. The Kier molecular flexibility index (Phi) is 5.24. The molecular formula is C21H27N3O. The lowest BCUT2D eigenvalue weighted by Gasteiger charge is -2.18. The van der Waals surface area contributed by atoms with Crippen LogP contribution in [0.25, 0.3) is 0 Å². The van der Waals surface area contributed by atoms with Crippen LogP contribution in [-0.2, 0) is 4.74 Å². The van der Waals surface area contributed by atoms with E-state index in [0.29, 0.717) is 18.2 Å². The Balaban J connectivity index is 1.64. The Bertz CT molecular complexity index is 748. The highest BCUT2D eigenvalue weighted by Crippen LogP contribution is 2.29. The molecule has 4 nitrogen and oxygen atoms in total. The van der Waals surface area contributed by atoms with E-state index < -0.39 is 0 Å². The van der Waals surface area contributed by atoms with E-state index in [2.05, 4.69) is 48.8 Å². The second kappa shape index (κ2) is 7.41. The molecule has 0 aromatic heterocycles. The molecule has 1 aromatic carbocycles. The lowest BCUT2D eigenvalue weighted by molar-refractivity contribution is -0.0105. The quantitative estimate of drug-likeness (QED) is 0.396. The molecule has 1 unspecified atom stereocenters. The number of aryl methyl sites for hydroxylation is 1. The monoisotopic (exact) mass is 337 g/mol. The number of nitrogens with two attached hydrogens (primary N) is 1. The van der Waals surface area contributed by atoms with Gasteiger partial charge in [0.1, 0.15) is 5.71 Å². The first-order valence-corrected chi connectivity index (χ1v) is 9.05. The summed E-state index contributed by atoms with van der Waals surface area (Å²) in [6, 6.07) is 6.14. The van der Waals surface area contributed by atoms with Crippen LogP contribution in [0.5, 0.6) is 0 Å². The van der Waals surface area contributed by atoms with Crippen LogP contribution in [0.3, 0.4) is 0 Å². The van der Waals surface area contributed by atoms with Gasteiger partial charge in [0.25, 0.3) is 0 Å². The van der Waals surface area contributed by atoms with Crippen molar-refractivity contribution >= 4 is 11.9 Å². The summed E-state index contributed by atoms with van der Waals surface area (Å²) < 4.78 is 5.96. The van der Waals surface area contributed by atoms with Gasteiger partial charge in [0, 0.05) is 23.3 Å². The zero-order valence-corrected chi connectivity index (χ0v) is 15.4. The van der Waals surface area contributed by atoms with Gasteiger partial charge in [0.2, 0.25) is 0 Å². The van der Waals surface area contributed by atoms with Gasteiger partial charge in [-0.05, 0) is 64.2 Å². The second-order valence-electron chi connectivity index (χ2n) is 7.62. The third kappa shape index (κ3) is 4.93. The summed E-state index contributed by atoms with van der Waals surface area (Å²) in [6.45, 7) is 6.95. The van der Waals surface area contributed by atoms with Gasteiger partial charge in [0.15, 0.2) is 0 Å². The second-order valence-corrected chi connectivity index (χ2v) is 7.62. The fraction of sp³-hybridized carbons (Fsp3) is 0.524. The summed E-state index contributed by atoms with van der Waals surface area (Å²) >= 11 is 0. The van der Waals surface area contributed by atoms with Gasteiger partial charge >= 0.3 is 0 Å². The zero-order valence-electron chi connectivity index (χ0n) is 15.4. The molecule has 0 radical (unpaired) electrons. The third-order valence-electron chi connectivity index (χ3n) is 4.72. The van der Waals surface area contributed by atoms with Gasteiger partial charge < -0.3 is 10.6 Å². The normalized spacial score (nSPS) is 22.8. The van der Waals surface area contributed by atoms with Crippen molar-refractivity contribution in [1.29, 1.82) is 0 Å². The van der Waals surface area contributed by atoms with Gasteiger partial charge in [-0.1, -0.05) is 17.9 Å². The molecule has 0 amide bonds. The van der Waals surface area contributed by atoms with E-state index in [1.54, 1.807) is 6.21 Å². The van der Waals surface area contributed by atoms with Crippen LogP contribution in [-0.4, -0.2) is 30.2 Å². The first-order chi connectivity index (χ1) is 12.0. The SMILES string of the molecule is Cc1cc(C#CC2CC2)ccc1/C(C=NCC1CCC(C)(C)O1)=N/N. The molecule has 1 heterocycles. The minimum atomic E-state index is -0.0289. The first-order valence-electron chi connectivity index (χ1n) is 9.05. The van der Waals surface area contributed by atoms with Gasteiger partial charge in [-0.25, -0.2) is 0 Å². The number of benzene rings is 1. The average molecular weight is 337 g/mol. The molecule has 3 rings (SSSR count). The molecule has 1 aromatic rings. The summed E-state index contributed by atoms with van der Waals surface area (Å²) in [4.78, 5) is 4.51. The third-order valence-corrected chi connectivity index (χ3v) is 4.72. The van der Waals surface area contributed by atoms with Crippen molar-refractivity contribution in [2.75, 3.05) is 6.54 Å². The molecule has 1 aliphatic carbocycles. The number of hydrogen-bond acceptors (Lipinski definition) is 4. The van der Waals surface area contributed by atoms with E-state index >= 15 is 0 Å². The van der Waals surface area contributed by atoms with Gasteiger partial charge in [0.05, 0.1) is 18.2 Å². The Morgan fingerprint density at radius 2 is 2.16 bits per heavy atom. The summed E-state index contributed by atoms with van der Waals surface area (Å²) in [5.74, 6) is 12.7. The molecule has 0 spiro atoms. The van der Waals surface area contributed by atoms with Gasteiger partial charge in [-0.2, -0.15) is 5.10 Å². The Labute approximate surface area is 150 Å². The van der Waals surface area contributed by atoms with Crippen LogP contribution < -0.4 is 5.84 Å². The molecule has 2 fully saturated rings. The number of hydrazone groups is 1. The topological polar surface area (TPSA) is 60.0 Å². The summed E-state index contributed by atoms with van der Waals surface area (Å²) in [7, 11) is 0. The van der Waals surface area contributed by atoms with E-state index in [0.717, 1.165) is 29.5 Å². The van der Waals surface area contributed by atoms with E-state index in [4.69, 9.17) is 10.6 Å². The van der Waals surface area contributed by atoms with Crippen molar-refractivity contribution in [2.24, 2.45) is 21.9 Å². The minimum absolute atomic E-state index is 0.0289. The van der Waals surface area contributed by atoms with E-state index in [-0.39, 0.29) is 11.7 Å². The maximum atomic E-state index is 5.96. The number of aliphatic imine (C=N–C) groups is 1. The fourth-order valence-corrected chi connectivity index (χ4v) is 3.08. The van der Waals surface area contributed by atoms with E-state index in [1.807, 2.05) is 12.1 Å². The molecule has 1 aliphatic heterocycles. The molecule has 1 saturated carbocycles. The van der Waals surface area contributed by atoms with Crippen molar-refractivity contribution in [3.05, 3.63) is 34.9 Å². The molecule has 2 aliphatic rings. The fourth-order valence-electron chi connectivity index (χ4n) is 3.08. The lowest BCUT2D eigenvalue weighted by Crippen LogP contribution is -2.21. The van der Waals surface area contributed by atoms with Crippen molar-refractivity contribution in [3.8, 4) is 11.8 Å². The Hall–Kier alpha value is -2.12. The van der Waals surface area contributed by atoms with Gasteiger partial charge in [-0.3, -0.25) is 4.99 Å². The molecular weight excluding hydrogens is 310 g/mol. The van der Waals surface area contributed by atoms with Crippen LogP contribution in [0.1, 0.15) is 56.2 Å². The van der Waals surface area contributed by atoms with E-state index in [1.165, 1.54) is 12.8 Å². The predicted molar refractivity (Wildman–Crippen MR) is 103 cm³/mol. The highest BCUT2D eigenvalue weighted by atomic mass is 16.5. The zero-order chi connectivity index (χ0) is 17.9. The smallest absolute Gasteiger partial charge is 0.108 e. The van der Waals surface area contributed by atoms with Crippen LogP contribution in [0.15, 0.2) is 28.3 Å². The lowest BCUT2D eigenvalue weighted by atomic mass is 10.0. The highest BCUT2D eigenvalue weighted by molar-refractivity contribution is 6.38. The van der Waals surface area contributed by atoms with Crippen molar-refractivity contribution in [3.63, 3.8) is 0 Å². The first kappa shape index (κ1) is 17.7. The van der Waals surface area contributed by atoms with Crippen LogP contribution in [0, 0.1) is 24.7 Å². The number of nitrogens with zero attached hydrogens (tertiary/aromatic N) is 2. The highest BCUT2D eigenvalue weighted by Gasteiger charge is 2.31.